The molecule has 2 aliphatic rings. The molecule has 0 bridgehead atoms. The number of rotatable bonds is 1. The third-order valence-electron chi connectivity index (χ3n) is 2.49. The van der Waals surface area contributed by atoms with Crippen LogP contribution in [0.3, 0.4) is 0 Å². The predicted octanol–water partition coefficient (Wildman–Crippen LogP) is -1.46. The minimum Gasteiger partial charge on any atom is -0.476 e. The van der Waals surface area contributed by atoms with Crippen LogP contribution in [-0.2, 0) is 9.47 Å². The van der Waals surface area contributed by atoms with Crippen LogP contribution in [0.2, 0.25) is 0 Å². The first-order valence-electron chi connectivity index (χ1n) is 4.58. The fourth-order valence-electron chi connectivity index (χ4n) is 1.65. The summed E-state index contributed by atoms with van der Waals surface area (Å²) in [7, 11) is 1.48. The van der Waals surface area contributed by atoms with Gasteiger partial charge in [-0.3, -0.25) is 0 Å². The van der Waals surface area contributed by atoms with Crippen molar-refractivity contribution in [2.75, 3.05) is 13.7 Å². The van der Waals surface area contributed by atoms with E-state index < -0.39 is 29.8 Å². The number of aliphatic hydroxyl groups is 3. The first-order valence-corrected chi connectivity index (χ1v) is 5.46. The molecule has 7 heteroatoms. The van der Waals surface area contributed by atoms with Gasteiger partial charge in [-0.15, -0.1) is 0 Å². The van der Waals surface area contributed by atoms with Crippen molar-refractivity contribution in [1.29, 1.82) is 0 Å². The van der Waals surface area contributed by atoms with Crippen LogP contribution < -0.4 is 0 Å². The smallest absolute Gasteiger partial charge is 0.248 e. The normalized spacial score (nSPS) is 44.8. The lowest BCUT2D eigenvalue weighted by Gasteiger charge is -2.37. The topological polar surface area (TPSA) is 91.5 Å². The van der Waals surface area contributed by atoms with Gasteiger partial charge in [0.2, 0.25) is 5.23 Å². The maximum absolute atomic E-state index is 9.75. The summed E-state index contributed by atoms with van der Waals surface area (Å²) in [5, 5.41) is 28.7. The van der Waals surface area contributed by atoms with Crippen LogP contribution in [0.5, 0.6) is 0 Å². The molecule has 86 valence electrons. The molecule has 0 spiro atoms. The van der Waals surface area contributed by atoms with E-state index in [0.717, 1.165) is 0 Å². The number of thioether (sulfide) groups is 1. The van der Waals surface area contributed by atoms with E-state index in [1.54, 1.807) is 0 Å². The average molecular weight is 235 g/mol. The summed E-state index contributed by atoms with van der Waals surface area (Å²) in [6, 6.07) is -0.525. The lowest BCUT2D eigenvalue weighted by atomic mass is 9.99. The Morgan fingerprint density at radius 3 is 2.80 bits per heavy atom. The second-order valence-electron chi connectivity index (χ2n) is 3.41. The third-order valence-corrected chi connectivity index (χ3v) is 3.59. The molecule has 0 aromatic heterocycles. The molecule has 2 heterocycles. The van der Waals surface area contributed by atoms with Crippen molar-refractivity contribution >= 4 is 17.0 Å². The molecule has 15 heavy (non-hydrogen) atoms. The minimum atomic E-state index is -1.11. The molecule has 0 saturated carbocycles. The SMILES string of the molecule is COC1=N[C@@H]2[C@@H](O)[C@H](O)[C@@H](CO)O[C@@H]2S1. The molecule has 5 atom stereocenters. The van der Waals surface area contributed by atoms with E-state index >= 15 is 0 Å². The summed E-state index contributed by atoms with van der Waals surface area (Å²) in [6.07, 6.45) is -2.90. The fourth-order valence-corrected chi connectivity index (χ4v) is 2.69. The van der Waals surface area contributed by atoms with E-state index in [4.69, 9.17) is 14.6 Å². The lowest BCUT2D eigenvalue weighted by Crippen LogP contribution is -2.55. The van der Waals surface area contributed by atoms with Gasteiger partial charge in [0.05, 0.1) is 13.7 Å². The van der Waals surface area contributed by atoms with Crippen molar-refractivity contribution in [2.45, 2.75) is 29.8 Å². The maximum Gasteiger partial charge on any atom is 0.248 e. The number of aliphatic hydroxyl groups excluding tert-OH is 3. The zero-order valence-corrected chi connectivity index (χ0v) is 8.92. The first-order chi connectivity index (χ1) is 7.17. The molecule has 2 aliphatic heterocycles. The highest BCUT2D eigenvalue weighted by atomic mass is 32.2. The molecule has 3 N–H and O–H groups in total. The maximum atomic E-state index is 9.75. The van der Waals surface area contributed by atoms with Crippen LogP contribution in [-0.4, -0.2) is 64.1 Å². The fraction of sp³-hybridized carbons (Fsp3) is 0.875. The molecule has 1 fully saturated rings. The van der Waals surface area contributed by atoms with Gasteiger partial charge in [0.15, 0.2) is 0 Å². The number of aliphatic imine (C=N–C) groups is 1. The Morgan fingerprint density at radius 2 is 2.20 bits per heavy atom. The zero-order chi connectivity index (χ0) is 11.0. The van der Waals surface area contributed by atoms with Gasteiger partial charge in [-0.25, -0.2) is 4.99 Å². The molecule has 0 amide bonds. The van der Waals surface area contributed by atoms with Crippen LogP contribution >= 0.6 is 11.8 Å². The van der Waals surface area contributed by atoms with Gasteiger partial charge in [0.1, 0.15) is 29.8 Å². The van der Waals surface area contributed by atoms with Crippen molar-refractivity contribution in [1.82, 2.24) is 0 Å². The van der Waals surface area contributed by atoms with Crippen LogP contribution in [0.15, 0.2) is 4.99 Å². The molecule has 0 radical (unpaired) electrons. The van der Waals surface area contributed by atoms with Crippen molar-refractivity contribution < 1.29 is 24.8 Å². The van der Waals surface area contributed by atoms with E-state index in [0.29, 0.717) is 5.23 Å². The molecule has 0 aromatic rings. The second-order valence-corrected chi connectivity index (χ2v) is 4.46. The molecule has 2 rings (SSSR count). The Hall–Kier alpha value is -0.340. The monoisotopic (exact) mass is 235 g/mol. The van der Waals surface area contributed by atoms with Gasteiger partial charge in [-0.1, -0.05) is 0 Å². The summed E-state index contributed by atoms with van der Waals surface area (Å²) < 4.78 is 10.3. The summed E-state index contributed by atoms with van der Waals surface area (Å²) in [5.41, 5.74) is -0.393. The summed E-state index contributed by atoms with van der Waals surface area (Å²) in [6.45, 7) is -0.329. The Kier molecular flexibility index (Phi) is 3.17. The molecule has 0 unspecified atom stereocenters. The van der Waals surface area contributed by atoms with E-state index in [1.807, 2.05) is 0 Å². The molecule has 6 nitrogen and oxygen atoms in total. The molecule has 0 aromatic carbocycles. The van der Waals surface area contributed by atoms with Crippen LogP contribution in [0, 0.1) is 0 Å². The Balaban J connectivity index is 2.12. The van der Waals surface area contributed by atoms with Crippen LogP contribution in [0.25, 0.3) is 0 Å². The van der Waals surface area contributed by atoms with Gasteiger partial charge < -0.3 is 24.8 Å². The second kappa shape index (κ2) is 4.26. The van der Waals surface area contributed by atoms with Crippen molar-refractivity contribution in [3.8, 4) is 0 Å². The molecule has 0 aliphatic carbocycles. The first kappa shape index (κ1) is 11.2. The summed E-state index contributed by atoms with van der Waals surface area (Å²) in [4.78, 5) is 4.07. The standard InChI is InChI=1S/C8H13NO5S/c1-13-8-9-4-6(12)5(11)3(2-10)14-7(4)15-8/h3-7,10-12H,2H2,1H3/t3-,4-,5-,6-,7-/m1/s1. The highest BCUT2D eigenvalue weighted by Crippen LogP contribution is 2.36. The third kappa shape index (κ3) is 1.85. The minimum absolute atomic E-state index is 0.329. The quantitative estimate of drug-likeness (QED) is 0.514. The van der Waals surface area contributed by atoms with Gasteiger partial charge in [0.25, 0.3) is 0 Å². The van der Waals surface area contributed by atoms with Gasteiger partial charge in [-0.05, 0) is 11.8 Å². The highest BCUT2D eigenvalue weighted by molar-refractivity contribution is 8.14. The number of hydrogen-bond donors (Lipinski definition) is 3. The van der Waals surface area contributed by atoms with E-state index in [9.17, 15) is 10.2 Å². The van der Waals surface area contributed by atoms with E-state index in [2.05, 4.69) is 4.99 Å². The van der Waals surface area contributed by atoms with Crippen LogP contribution in [0.1, 0.15) is 0 Å². The number of methoxy groups -OCH3 is 1. The van der Waals surface area contributed by atoms with Gasteiger partial charge in [0, 0.05) is 0 Å². The van der Waals surface area contributed by atoms with E-state index in [-0.39, 0.29) is 6.61 Å². The molecular formula is C8H13NO5S. The molecular weight excluding hydrogens is 222 g/mol. The van der Waals surface area contributed by atoms with Crippen molar-refractivity contribution in [2.24, 2.45) is 4.99 Å². The largest absolute Gasteiger partial charge is 0.476 e. The highest BCUT2D eigenvalue weighted by Gasteiger charge is 2.48. The Bertz CT molecular complexity index is 274. The number of nitrogens with zero attached hydrogens (tertiary/aromatic N) is 1. The molecule has 1 saturated heterocycles. The van der Waals surface area contributed by atoms with Crippen LogP contribution in [0.4, 0.5) is 0 Å². The number of hydrogen-bond acceptors (Lipinski definition) is 7. The van der Waals surface area contributed by atoms with E-state index in [1.165, 1.54) is 18.9 Å². The van der Waals surface area contributed by atoms with Gasteiger partial charge in [-0.2, -0.15) is 0 Å². The van der Waals surface area contributed by atoms with Gasteiger partial charge >= 0.3 is 0 Å². The predicted molar refractivity (Wildman–Crippen MR) is 53.6 cm³/mol. The van der Waals surface area contributed by atoms with Crippen molar-refractivity contribution in [3.63, 3.8) is 0 Å². The van der Waals surface area contributed by atoms with Crippen molar-refractivity contribution in [3.05, 3.63) is 0 Å². The zero-order valence-electron chi connectivity index (χ0n) is 8.11. The Labute approximate surface area is 90.9 Å². The summed E-state index contributed by atoms with van der Waals surface area (Å²) >= 11 is 1.24. The lowest BCUT2D eigenvalue weighted by molar-refractivity contribution is -0.164. The number of ether oxygens (including phenoxy) is 2. The average Bonchev–Trinajstić information content (AvgIpc) is 2.66. The Morgan fingerprint density at radius 1 is 1.47 bits per heavy atom. The summed E-state index contributed by atoms with van der Waals surface area (Å²) in [5.74, 6) is 0. The number of fused-ring (bicyclic) bond motifs is 1.